The summed E-state index contributed by atoms with van der Waals surface area (Å²) < 4.78 is 24.6. The van der Waals surface area contributed by atoms with Gasteiger partial charge >= 0.3 is 0 Å². The molecule has 0 saturated carbocycles. The fourth-order valence-electron chi connectivity index (χ4n) is 3.19. The van der Waals surface area contributed by atoms with E-state index in [9.17, 15) is 13.2 Å². The standard InChI is InChI=1S/C25H22N2O3S2/c1-17(2)32(29,30)21-15-13-20(14-16-21)24(28)27-25-26-22(18-9-5-3-6-10-18)23(31-25)19-11-7-4-8-12-19/h3-17H,1-2H3,(H,26,27,28). The number of nitrogens with zero attached hydrogens (tertiary/aromatic N) is 1. The topological polar surface area (TPSA) is 76.1 Å². The Balaban J connectivity index is 1.64. The number of hydrogen-bond acceptors (Lipinski definition) is 5. The lowest BCUT2D eigenvalue weighted by molar-refractivity contribution is 0.102. The molecule has 0 aliphatic carbocycles. The largest absolute Gasteiger partial charge is 0.298 e. The molecule has 0 aliphatic heterocycles. The highest BCUT2D eigenvalue weighted by Gasteiger charge is 2.20. The van der Waals surface area contributed by atoms with Gasteiger partial charge in [-0.2, -0.15) is 0 Å². The summed E-state index contributed by atoms with van der Waals surface area (Å²) in [4.78, 5) is 18.7. The van der Waals surface area contributed by atoms with Crippen molar-refractivity contribution in [2.75, 3.05) is 5.32 Å². The van der Waals surface area contributed by atoms with E-state index in [2.05, 4.69) is 5.32 Å². The maximum Gasteiger partial charge on any atom is 0.257 e. The number of carbonyl (C=O) groups is 1. The smallest absolute Gasteiger partial charge is 0.257 e. The maximum absolute atomic E-state index is 12.8. The molecule has 5 nitrogen and oxygen atoms in total. The molecule has 0 fully saturated rings. The van der Waals surface area contributed by atoms with Crippen LogP contribution in [-0.2, 0) is 9.84 Å². The zero-order valence-electron chi connectivity index (χ0n) is 17.6. The summed E-state index contributed by atoms with van der Waals surface area (Å²) in [7, 11) is -3.38. The van der Waals surface area contributed by atoms with E-state index in [0.717, 1.165) is 21.7 Å². The van der Waals surface area contributed by atoms with E-state index < -0.39 is 15.1 Å². The number of anilines is 1. The molecule has 0 bridgehead atoms. The number of benzene rings is 3. The Kier molecular flexibility index (Phi) is 6.21. The number of carbonyl (C=O) groups excluding carboxylic acids is 1. The molecule has 1 N–H and O–H groups in total. The predicted molar refractivity (Wildman–Crippen MR) is 130 cm³/mol. The number of sulfone groups is 1. The van der Waals surface area contributed by atoms with Crippen LogP contribution in [0.15, 0.2) is 89.8 Å². The van der Waals surface area contributed by atoms with Crippen molar-refractivity contribution in [2.24, 2.45) is 0 Å². The zero-order valence-corrected chi connectivity index (χ0v) is 19.3. The second-order valence-corrected chi connectivity index (χ2v) is 11.0. The van der Waals surface area contributed by atoms with Gasteiger partial charge in [-0.1, -0.05) is 72.0 Å². The second kappa shape index (κ2) is 9.06. The quantitative estimate of drug-likeness (QED) is 0.386. The summed E-state index contributed by atoms with van der Waals surface area (Å²) >= 11 is 1.40. The predicted octanol–water partition coefficient (Wildman–Crippen LogP) is 5.91. The number of amides is 1. The molecular weight excluding hydrogens is 440 g/mol. The zero-order chi connectivity index (χ0) is 22.7. The van der Waals surface area contributed by atoms with Crippen LogP contribution in [0.4, 0.5) is 5.13 Å². The van der Waals surface area contributed by atoms with E-state index >= 15 is 0 Å². The molecule has 0 spiro atoms. The molecular formula is C25H22N2O3S2. The lowest BCUT2D eigenvalue weighted by Gasteiger charge is -2.08. The first-order chi connectivity index (χ1) is 15.4. The third-order valence-electron chi connectivity index (χ3n) is 5.00. The van der Waals surface area contributed by atoms with Crippen molar-refractivity contribution < 1.29 is 13.2 Å². The molecule has 0 saturated heterocycles. The molecule has 1 heterocycles. The van der Waals surface area contributed by atoms with Gasteiger partial charge in [-0.05, 0) is 43.7 Å². The van der Waals surface area contributed by atoms with Crippen LogP contribution in [0.1, 0.15) is 24.2 Å². The third kappa shape index (κ3) is 4.49. The van der Waals surface area contributed by atoms with Crippen LogP contribution in [0.5, 0.6) is 0 Å². The highest BCUT2D eigenvalue weighted by Crippen LogP contribution is 2.39. The summed E-state index contributed by atoms with van der Waals surface area (Å²) in [6.45, 7) is 3.26. The lowest BCUT2D eigenvalue weighted by Crippen LogP contribution is -2.15. The van der Waals surface area contributed by atoms with Crippen LogP contribution in [0.3, 0.4) is 0 Å². The molecule has 0 atom stereocenters. The van der Waals surface area contributed by atoms with E-state index in [1.54, 1.807) is 13.8 Å². The molecule has 3 aromatic carbocycles. The Labute approximate surface area is 191 Å². The van der Waals surface area contributed by atoms with Gasteiger partial charge in [0, 0.05) is 11.1 Å². The molecule has 1 amide bonds. The van der Waals surface area contributed by atoms with Crippen LogP contribution < -0.4 is 5.32 Å². The summed E-state index contributed by atoms with van der Waals surface area (Å²) in [5.74, 6) is -0.341. The van der Waals surface area contributed by atoms with E-state index in [1.807, 2.05) is 60.7 Å². The molecule has 4 rings (SSSR count). The summed E-state index contributed by atoms with van der Waals surface area (Å²) in [5.41, 5.74) is 3.15. The summed E-state index contributed by atoms with van der Waals surface area (Å²) in [6, 6.07) is 25.7. The number of nitrogens with one attached hydrogen (secondary N) is 1. The summed E-state index contributed by atoms with van der Waals surface area (Å²) in [5, 5.41) is 2.81. The van der Waals surface area contributed by atoms with E-state index in [4.69, 9.17) is 4.98 Å². The van der Waals surface area contributed by atoms with Crippen molar-refractivity contribution >= 4 is 32.2 Å². The van der Waals surface area contributed by atoms with Crippen LogP contribution in [-0.4, -0.2) is 24.6 Å². The van der Waals surface area contributed by atoms with Crippen LogP contribution in [0.2, 0.25) is 0 Å². The van der Waals surface area contributed by atoms with Crippen molar-refractivity contribution in [3.8, 4) is 21.7 Å². The van der Waals surface area contributed by atoms with Crippen LogP contribution in [0.25, 0.3) is 21.7 Å². The first-order valence-corrected chi connectivity index (χ1v) is 12.5. The molecule has 1 aromatic heterocycles. The van der Waals surface area contributed by atoms with Gasteiger partial charge in [0.2, 0.25) is 0 Å². The highest BCUT2D eigenvalue weighted by atomic mass is 32.2. The van der Waals surface area contributed by atoms with Gasteiger partial charge in [-0.15, -0.1) is 0 Å². The van der Waals surface area contributed by atoms with E-state index in [0.29, 0.717) is 10.7 Å². The second-order valence-electron chi connectivity index (χ2n) is 7.50. The number of hydrogen-bond donors (Lipinski definition) is 1. The van der Waals surface area contributed by atoms with E-state index in [-0.39, 0.29) is 10.8 Å². The minimum Gasteiger partial charge on any atom is -0.298 e. The van der Waals surface area contributed by atoms with Crippen LogP contribution >= 0.6 is 11.3 Å². The fourth-order valence-corrected chi connectivity index (χ4v) is 5.24. The Morgan fingerprint density at radius 2 is 1.41 bits per heavy atom. The van der Waals surface area contributed by atoms with Gasteiger partial charge in [0.25, 0.3) is 5.91 Å². The number of aromatic nitrogens is 1. The summed E-state index contributed by atoms with van der Waals surface area (Å²) in [6.07, 6.45) is 0. The number of rotatable bonds is 6. The average Bonchev–Trinajstić information content (AvgIpc) is 3.24. The minimum absolute atomic E-state index is 0.205. The van der Waals surface area contributed by atoms with E-state index in [1.165, 1.54) is 35.6 Å². The molecule has 32 heavy (non-hydrogen) atoms. The molecule has 7 heteroatoms. The van der Waals surface area contributed by atoms with Gasteiger partial charge in [0.15, 0.2) is 15.0 Å². The van der Waals surface area contributed by atoms with Crippen molar-refractivity contribution in [1.29, 1.82) is 0 Å². The van der Waals surface area contributed by atoms with Crippen molar-refractivity contribution in [3.05, 3.63) is 90.5 Å². The van der Waals surface area contributed by atoms with Gasteiger partial charge < -0.3 is 0 Å². The van der Waals surface area contributed by atoms with Crippen LogP contribution in [0, 0.1) is 0 Å². The molecule has 0 radical (unpaired) electrons. The fraction of sp³-hybridized carbons (Fsp3) is 0.120. The molecule has 0 unspecified atom stereocenters. The Morgan fingerprint density at radius 3 is 1.97 bits per heavy atom. The first-order valence-electron chi connectivity index (χ1n) is 10.1. The Bertz CT molecular complexity index is 1270. The van der Waals surface area contributed by atoms with Gasteiger partial charge in [-0.25, -0.2) is 13.4 Å². The molecule has 4 aromatic rings. The highest BCUT2D eigenvalue weighted by molar-refractivity contribution is 7.92. The van der Waals surface area contributed by atoms with Crippen molar-refractivity contribution in [1.82, 2.24) is 4.98 Å². The monoisotopic (exact) mass is 462 g/mol. The van der Waals surface area contributed by atoms with Crippen molar-refractivity contribution in [3.63, 3.8) is 0 Å². The normalized spacial score (nSPS) is 11.5. The third-order valence-corrected chi connectivity index (χ3v) is 8.19. The molecule has 162 valence electrons. The average molecular weight is 463 g/mol. The van der Waals surface area contributed by atoms with Gasteiger partial charge in [0.1, 0.15) is 0 Å². The maximum atomic E-state index is 12.8. The van der Waals surface area contributed by atoms with Crippen molar-refractivity contribution in [2.45, 2.75) is 24.0 Å². The minimum atomic E-state index is -3.38. The Morgan fingerprint density at radius 1 is 0.844 bits per heavy atom. The van der Waals surface area contributed by atoms with Gasteiger partial charge in [0.05, 0.1) is 20.7 Å². The Hall–Kier alpha value is -3.29. The van der Waals surface area contributed by atoms with Gasteiger partial charge in [-0.3, -0.25) is 10.1 Å². The lowest BCUT2D eigenvalue weighted by atomic mass is 10.1. The SMILES string of the molecule is CC(C)S(=O)(=O)c1ccc(C(=O)Nc2nc(-c3ccccc3)c(-c3ccccc3)s2)cc1. The first kappa shape index (κ1) is 21.9. The molecule has 0 aliphatic rings. The number of thiazole rings is 1.